The van der Waals surface area contributed by atoms with E-state index in [0.717, 1.165) is 21.7 Å². The molecule has 1 heterocycles. The molecule has 1 aromatic carbocycles. The largest absolute Gasteiger partial charge is 0.356 e. The van der Waals surface area contributed by atoms with Gasteiger partial charge in [0.2, 0.25) is 5.91 Å². The van der Waals surface area contributed by atoms with Crippen molar-refractivity contribution in [2.45, 2.75) is 33.6 Å². The van der Waals surface area contributed by atoms with Crippen LogP contribution in [0.15, 0.2) is 17.1 Å². The average Bonchev–Trinajstić information content (AvgIpc) is 2.44. The molecule has 0 fully saturated rings. The first-order chi connectivity index (χ1) is 9.52. The minimum absolute atomic E-state index is 0.0112. The predicted octanol–water partition coefficient (Wildman–Crippen LogP) is 0.776. The van der Waals surface area contributed by atoms with Crippen molar-refractivity contribution in [1.29, 1.82) is 0 Å². The summed E-state index contributed by atoms with van der Waals surface area (Å²) in [5.41, 5.74) is 2.20. The van der Waals surface area contributed by atoms with Gasteiger partial charge in [0.25, 0.3) is 5.91 Å². The van der Waals surface area contributed by atoms with Crippen LogP contribution in [0.1, 0.15) is 30.9 Å². The number of nitrogens with one attached hydrogen (secondary N) is 1. The monoisotopic (exact) mass is 272 g/mol. The molecule has 4 nitrogen and oxygen atoms in total. The lowest BCUT2D eigenvalue weighted by Crippen LogP contribution is -2.37. The maximum atomic E-state index is 12.1. The summed E-state index contributed by atoms with van der Waals surface area (Å²) in [5, 5.41) is 4.60. The number of hydrogen-bond donors (Lipinski definition) is 1. The van der Waals surface area contributed by atoms with Crippen molar-refractivity contribution in [2.75, 3.05) is 6.54 Å². The molecule has 0 saturated heterocycles. The van der Waals surface area contributed by atoms with Gasteiger partial charge in [0.05, 0.1) is 11.3 Å². The molecule has 1 aliphatic rings. The highest BCUT2D eigenvalue weighted by Crippen LogP contribution is 2.10. The number of amides is 2. The van der Waals surface area contributed by atoms with Crippen LogP contribution in [0.5, 0.6) is 0 Å². The summed E-state index contributed by atoms with van der Waals surface area (Å²) in [6.07, 6.45) is 3.03. The standard InChI is InChI=1S/C16H20N2O2/c1-4-14(19)17-8-7-13-9-12-6-5-10(2)11(3)15(12)18-16(13)20/h5-6,9,13H,4,7-8H2,1-3H3,(H,17,19). The fourth-order valence-corrected chi connectivity index (χ4v) is 2.28. The van der Waals surface area contributed by atoms with Gasteiger partial charge in [0.15, 0.2) is 0 Å². The number of nitrogens with zero attached hydrogens (tertiary/aromatic N) is 1. The molecule has 1 N–H and O–H groups in total. The highest BCUT2D eigenvalue weighted by Gasteiger charge is 2.19. The van der Waals surface area contributed by atoms with Crippen LogP contribution in [-0.2, 0) is 9.59 Å². The molecule has 1 atom stereocenters. The molecule has 0 radical (unpaired) electrons. The SMILES string of the molecule is CCC(=O)NCCC1C=c2ccc(C)c(C)c2=NC1=O. The molecule has 0 spiro atoms. The summed E-state index contributed by atoms with van der Waals surface area (Å²) < 4.78 is 0. The summed E-state index contributed by atoms with van der Waals surface area (Å²) in [6, 6.07) is 4.05. The zero-order valence-electron chi connectivity index (χ0n) is 12.2. The van der Waals surface area contributed by atoms with Crippen LogP contribution < -0.4 is 15.9 Å². The number of rotatable bonds is 4. The predicted molar refractivity (Wildman–Crippen MR) is 77.6 cm³/mol. The first kappa shape index (κ1) is 14.4. The van der Waals surface area contributed by atoms with Gasteiger partial charge in [-0.25, -0.2) is 4.99 Å². The quantitative estimate of drug-likeness (QED) is 0.880. The number of hydrogen-bond acceptors (Lipinski definition) is 2. The molecule has 2 rings (SSSR count). The van der Waals surface area contributed by atoms with Crippen LogP contribution in [0.25, 0.3) is 6.08 Å². The number of carbonyl (C=O) groups excluding carboxylic acids is 2. The van der Waals surface area contributed by atoms with Gasteiger partial charge < -0.3 is 5.32 Å². The second-order valence-corrected chi connectivity index (χ2v) is 5.16. The van der Waals surface area contributed by atoms with Crippen LogP contribution in [0.2, 0.25) is 0 Å². The molecule has 106 valence electrons. The van der Waals surface area contributed by atoms with E-state index in [0.29, 0.717) is 19.4 Å². The lowest BCUT2D eigenvalue weighted by atomic mass is 9.98. The fraction of sp³-hybridized carbons (Fsp3) is 0.438. The zero-order chi connectivity index (χ0) is 14.7. The molecule has 4 heteroatoms. The second kappa shape index (κ2) is 5.99. The van der Waals surface area contributed by atoms with Gasteiger partial charge >= 0.3 is 0 Å². The maximum absolute atomic E-state index is 12.1. The van der Waals surface area contributed by atoms with E-state index in [1.165, 1.54) is 0 Å². The van der Waals surface area contributed by atoms with Crippen molar-refractivity contribution in [1.82, 2.24) is 5.32 Å². The van der Waals surface area contributed by atoms with E-state index >= 15 is 0 Å². The Hall–Kier alpha value is -1.97. The third-order valence-electron chi connectivity index (χ3n) is 3.75. The maximum Gasteiger partial charge on any atom is 0.253 e. The van der Waals surface area contributed by atoms with Crippen molar-refractivity contribution in [3.05, 3.63) is 33.8 Å². The van der Waals surface area contributed by atoms with Gasteiger partial charge in [-0.05, 0) is 36.6 Å². The second-order valence-electron chi connectivity index (χ2n) is 5.16. The van der Waals surface area contributed by atoms with Crippen molar-refractivity contribution < 1.29 is 9.59 Å². The molecule has 2 amide bonds. The summed E-state index contributed by atoms with van der Waals surface area (Å²) in [7, 11) is 0. The van der Waals surface area contributed by atoms with Gasteiger partial charge in [-0.1, -0.05) is 25.1 Å². The third-order valence-corrected chi connectivity index (χ3v) is 3.75. The Morgan fingerprint density at radius 2 is 2.10 bits per heavy atom. The summed E-state index contributed by atoms with van der Waals surface area (Å²) in [6.45, 7) is 6.32. The van der Waals surface area contributed by atoms with Crippen LogP contribution in [0.4, 0.5) is 0 Å². The van der Waals surface area contributed by atoms with Gasteiger partial charge in [-0.2, -0.15) is 0 Å². The van der Waals surface area contributed by atoms with E-state index in [1.807, 2.05) is 39.0 Å². The molecule has 1 aliphatic heterocycles. The van der Waals surface area contributed by atoms with E-state index in [-0.39, 0.29) is 17.7 Å². The van der Waals surface area contributed by atoms with E-state index in [9.17, 15) is 9.59 Å². The number of carbonyl (C=O) groups is 2. The Bertz CT molecular complexity index is 662. The third kappa shape index (κ3) is 2.95. The number of benzene rings is 1. The van der Waals surface area contributed by atoms with Crippen molar-refractivity contribution in [3.8, 4) is 0 Å². The fourth-order valence-electron chi connectivity index (χ4n) is 2.28. The van der Waals surface area contributed by atoms with E-state index < -0.39 is 0 Å². The topological polar surface area (TPSA) is 58.5 Å². The van der Waals surface area contributed by atoms with E-state index in [2.05, 4.69) is 10.3 Å². The van der Waals surface area contributed by atoms with Crippen molar-refractivity contribution in [2.24, 2.45) is 10.9 Å². The Labute approximate surface area is 118 Å². The molecule has 1 aromatic rings. The molecular formula is C16H20N2O2. The van der Waals surface area contributed by atoms with Crippen LogP contribution in [0, 0.1) is 19.8 Å². The Morgan fingerprint density at radius 3 is 2.80 bits per heavy atom. The average molecular weight is 272 g/mol. The van der Waals surface area contributed by atoms with E-state index in [1.54, 1.807) is 0 Å². The highest BCUT2D eigenvalue weighted by molar-refractivity contribution is 5.86. The van der Waals surface area contributed by atoms with Crippen molar-refractivity contribution >= 4 is 17.9 Å². The molecule has 0 saturated carbocycles. The number of aryl methyl sites for hydroxylation is 1. The lowest BCUT2D eigenvalue weighted by Gasteiger charge is -2.14. The minimum Gasteiger partial charge on any atom is -0.356 e. The minimum atomic E-state index is -0.234. The van der Waals surface area contributed by atoms with Gasteiger partial charge in [-0.15, -0.1) is 0 Å². The summed E-state index contributed by atoms with van der Waals surface area (Å²) in [5.74, 6) is -0.337. The van der Waals surface area contributed by atoms with Crippen LogP contribution in [0.3, 0.4) is 0 Å². The molecule has 0 aromatic heterocycles. The zero-order valence-corrected chi connectivity index (χ0v) is 12.2. The van der Waals surface area contributed by atoms with Crippen LogP contribution >= 0.6 is 0 Å². The Balaban J connectivity index is 2.19. The molecule has 20 heavy (non-hydrogen) atoms. The highest BCUT2D eigenvalue weighted by atomic mass is 16.2. The van der Waals surface area contributed by atoms with Gasteiger partial charge in [0.1, 0.15) is 0 Å². The molecule has 1 unspecified atom stereocenters. The molecule has 0 bridgehead atoms. The van der Waals surface area contributed by atoms with Gasteiger partial charge in [-0.3, -0.25) is 9.59 Å². The first-order valence-electron chi connectivity index (χ1n) is 7.00. The summed E-state index contributed by atoms with van der Waals surface area (Å²) in [4.78, 5) is 27.5. The lowest BCUT2D eigenvalue weighted by molar-refractivity contribution is -0.122. The van der Waals surface area contributed by atoms with Crippen molar-refractivity contribution in [3.63, 3.8) is 0 Å². The summed E-state index contributed by atoms with van der Waals surface area (Å²) >= 11 is 0. The molecular weight excluding hydrogens is 252 g/mol. The van der Waals surface area contributed by atoms with E-state index in [4.69, 9.17) is 0 Å². The smallest absolute Gasteiger partial charge is 0.253 e. The van der Waals surface area contributed by atoms with Gasteiger partial charge in [0, 0.05) is 13.0 Å². The first-order valence-corrected chi connectivity index (χ1v) is 7.00. The Morgan fingerprint density at radius 1 is 1.35 bits per heavy atom. The normalized spacial score (nSPS) is 16.9. The Kier molecular flexibility index (Phi) is 4.32. The number of fused-ring (bicyclic) bond motifs is 1. The molecule has 0 aliphatic carbocycles. The van der Waals surface area contributed by atoms with Crippen LogP contribution in [-0.4, -0.2) is 18.4 Å².